The number of halogens is 2. The molecular formula is C23H20ClFO3. The largest absolute Gasteiger partial charge is 0.373 e. The number of hydrogen-bond donors (Lipinski definition) is 0. The molecule has 0 spiro atoms. The van der Waals surface area contributed by atoms with Crippen LogP contribution in [0.25, 0.3) is 11.1 Å². The lowest BCUT2D eigenvalue weighted by atomic mass is 9.81. The van der Waals surface area contributed by atoms with Gasteiger partial charge in [0.15, 0.2) is 11.6 Å². The standard InChI is InChI=1S/C23H20ClFO3/c1-2-11-3-4-12(14-6-5-13(24)10-16(14)25)9-15(11)19-22(26)20-17-7-8-18(28-17)21(20)23(19)27/h3-6,9-10,17-21H,2,7-8H2,1H3/t17-,18+,19?,20-,21+. The van der Waals surface area contributed by atoms with E-state index in [1.807, 2.05) is 25.1 Å². The first kappa shape index (κ1) is 18.0. The fourth-order valence-corrected chi connectivity index (χ4v) is 5.47. The second-order valence-corrected chi connectivity index (χ2v) is 8.41. The first-order chi connectivity index (χ1) is 13.5. The van der Waals surface area contributed by atoms with E-state index < -0.39 is 11.7 Å². The molecule has 5 heteroatoms. The number of rotatable bonds is 3. The van der Waals surface area contributed by atoms with Crippen LogP contribution in [0.3, 0.4) is 0 Å². The first-order valence-electron chi connectivity index (χ1n) is 9.80. The maximum atomic E-state index is 14.4. The van der Waals surface area contributed by atoms with Crippen molar-refractivity contribution in [2.24, 2.45) is 11.8 Å². The molecule has 28 heavy (non-hydrogen) atoms. The van der Waals surface area contributed by atoms with E-state index in [4.69, 9.17) is 16.3 Å². The summed E-state index contributed by atoms with van der Waals surface area (Å²) < 4.78 is 20.3. The van der Waals surface area contributed by atoms with Gasteiger partial charge in [0.05, 0.1) is 24.0 Å². The molecule has 2 heterocycles. The Hall–Kier alpha value is -2.04. The van der Waals surface area contributed by atoms with Gasteiger partial charge in [0.2, 0.25) is 0 Å². The van der Waals surface area contributed by atoms with Crippen molar-refractivity contribution in [3.05, 3.63) is 58.4 Å². The summed E-state index contributed by atoms with van der Waals surface area (Å²) in [4.78, 5) is 26.4. The quantitative estimate of drug-likeness (QED) is 0.701. The van der Waals surface area contributed by atoms with E-state index in [1.165, 1.54) is 6.07 Å². The maximum absolute atomic E-state index is 14.4. The Kier molecular flexibility index (Phi) is 4.18. The molecule has 1 saturated carbocycles. The van der Waals surface area contributed by atoms with Crippen LogP contribution in [0.1, 0.15) is 36.8 Å². The van der Waals surface area contributed by atoms with Crippen molar-refractivity contribution in [1.82, 2.24) is 0 Å². The number of hydrogen-bond acceptors (Lipinski definition) is 3. The third-order valence-corrected chi connectivity index (χ3v) is 6.81. The molecule has 2 aromatic carbocycles. The highest BCUT2D eigenvalue weighted by Crippen LogP contribution is 2.52. The Morgan fingerprint density at radius 2 is 1.71 bits per heavy atom. The van der Waals surface area contributed by atoms with Crippen molar-refractivity contribution in [1.29, 1.82) is 0 Å². The van der Waals surface area contributed by atoms with Gasteiger partial charge >= 0.3 is 0 Å². The predicted octanol–water partition coefficient (Wildman–Crippen LogP) is 4.74. The molecule has 0 N–H and O–H groups in total. The summed E-state index contributed by atoms with van der Waals surface area (Å²) in [6.45, 7) is 2.00. The molecule has 1 unspecified atom stereocenters. The van der Waals surface area contributed by atoms with Crippen LogP contribution in [-0.2, 0) is 20.7 Å². The topological polar surface area (TPSA) is 43.4 Å². The first-order valence-corrected chi connectivity index (χ1v) is 10.2. The molecule has 0 amide bonds. The number of ether oxygens (including phenoxy) is 1. The van der Waals surface area contributed by atoms with Crippen LogP contribution in [0, 0.1) is 17.7 Å². The van der Waals surface area contributed by atoms with Gasteiger partial charge in [0.1, 0.15) is 11.7 Å². The zero-order valence-electron chi connectivity index (χ0n) is 15.5. The Morgan fingerprint density at radius 1 is 1.04 bits per heavy atom. The minimum atomic E-state index is -0.757. The highest BCUT2D eigenvalue weighted by atomic mass is 35.5. The highest BCUT2D eigenvalue weighted by Gasteiger charge is 2.63. The van der Waals surface area contributed by atoms with E-state index in [9.17, 15) is 14.0 Å². The number of aryl methyl sites for hydroxylation is 1. The number of carbonyl (C=O) groups is 2. The van der Waals surface area contributed by atoms with Gasteiger partial charge in [-0.3, -0.25) is 9.59 Å². The highest BCUT2D eigenvalue weighted by molar-refractivity contribution is 6.30. The second kappa shape index (κ2) is 6.50. The molecule has 0 aromatic heterocycles. The third-order valence-electron chi connectivity index (χ3n) is 6.58. The minimum absolute atomic E-state index is 0.0226. The smallest absolute Gasteiger partial charge is 0.154 e. The molecule has 5 rings (SSSR count). The number of Topliss-reactive ketones (excluding diaryl/α,β-unsaturated/α-hetero) is 2. The molecule has 3 aliphatic rings. The molecule has 2 bridgehead atoms. The van der Waals surface area contributed by atoms with E-state index in [2.05, 4.69) is 0 Å². The summed E-state index contributed by atoms with van der Waals surface area (Å²) in [5.74, 6) is -1.84. The lowest BCUT2D eigenvalue weighted by Crippen LogP contribution is -2.29. The summed E-state index contributed by atoms with van der Waals surface area (Å²) in [6.07, 6.45) is 2.19. The number of carbonyl (C=O) groups excluding carboxylic acids is 2. The van der Waals surface area contributed by atoms with Gasteiger partial charge in [-0.25, -0.2) is 4.39 Å². The normalized spacial score (nSPS) is 30.9. The van der Waals surface area contributed by atoms with Gasteiger partial charge in [-0.2, -0.15) is 0 Å². The Balaban J connectivity index is 1.60. The molecule has 2 saturated heterocycles. The van der Waals surface area contributed by atoms with Crippen LogP contribution < -0.4 is 0 Å². The Bertz CT molecular complexity index is 973. The average molecular weight is 399 g/mol. The Morgan fingerprint density at radius 3 is 2.32 bits per heavy atom. The maximum Gasteiger partial charge on any atom is 0.154 e. The summed E-state index contributed by atoms with van der Waals surface area (Å²) in [5, 5.41) is 0.330. The predicted molar refractivity (Wildman–Crippen MR) is 104 cm³/mol. The van der Waals surface area contributed by atoms with E-state index in [1.54, 1.807) is 12.1 Å². The van der Waals surface area contributed by atoms with Gasteiger partial charge in [-0.15, -0.1) is 0 Å². The monoisotopic (exact) mass is 398 g/mol. The van der Waals surface area contributed by atoms with E-state index in [0.717, 1.165) is 24.0 Å². The lowest BCUT2D eigenvalue weighted by molar-refractivity contribution is -0.127. The van der Waals surface area contributed by atoms with Gasteiger partial charge in [0, 0.05) is 10.6 Å². The fraction of sp³-hybridized carbons (Fsp3) is 0.391. The van der Waals surface area contributed by atoms with Gasteiger partial charge in [0.25, 0.3) is 0 Å². The molecule has 144 valence electrons. The van der Waals surface area contributed by atoms with E-state index >= 15 is 0 Å². The third kappa shape index (κ3) is 2.51. The van der Waals surface area contributed by atoms with Gasteiger partial charge in [-0.1, -0.05) is 30.7 Å². The average Bonchev–Trinajstić information content (AvgIpc) is 3.35. The summed E-state index contributed by atoms with van der Waals surface area (Å²) in [5.41, 5.74) is 2.74. The van der Waals surface area contributed by atoms with Crippen molar-refractivity contribution in [2.75, 3.05) is 0 Å². The number of benzene rings is 2. The molecule has 3 fully saturated rings. The lowest BCUT2D eigenvalue weighted by Gasteiger charge is -2.17. The zero-order chi connectivity index (χ0) is 19.6. The van der Waals surface area contributed by atoms with Crippen LogP contribution in [0.4, 0.5) is 4.39 Å². The number of ketones is 2. The molecular weight excluding hydrogens is 379 g/mol. The van der Waals surface area contributed by atoms with E-state index in [-0.39, 0.29) is 35.6 Å². The van der Waals surface area contributed by atoms with Gasteiger partial charge < -0.3 is 4.74 Å². The van der Waals surface area contributed by atoms with Crippen LogP contribution in [0.15, 0.2) is 36.4 Å². The number of fused-ring (bicyclic) bond motifs is 5. The Labute approximate surface area is 167 Å². The van der Waals surface area contributed by atoms with Crippen molar-refractivity contribution in [2.45, 2.75) is 44.3 Å². The van der Waals surface area contributed by atoms with Crippen molar-refractivity contribution in [3.63, 3.8) is 0 Å². The van der Waals surface area contributed by atoms with Crippen molar-refractivity contribution >= 4 is 23.2 Å². The summed E-state index contributed by atoms with van der Waals surface area (Å²) in [6, 6.07) is 10.1. The van der Waals surface area contributed by atoms with E-state index in [0.29, 0.717) is 22.6 Å². The molecule has 5 atom stereocenters. The van der Waals surface area contributed by atoms with Crippen molar-refractivity contribution in [3.8, 4) is 11.1 Å². The van der Waals surface area contributed by atoms with Crippen LogP contribution in [0.5, 0.6) is 0 Å². The van der Waals surface area contributed by atoms with Gasteiger partial charge in [-0.05, 0) is 60.2 Å². The minimum Gasteiger partial charge on any atom is -0.373 e. The summed E-state index contributed by atoms with van der Waals surface area (Å²) in [7, 11) is 0. The molecule has 2 aromatic rings. The summed E-state index contributed by atoms with van der Waals surface area (Å²) >= 11 is 5.87. The van der Waals surface area contributed by atoms with Crippen LogP contribution in [-0.4, -0.2) is 23.8 Å². The fourth-order valence-electron chi connectivity index (χ4n) is 5.31. The second-order valence-electron chi connectivity index (χ2n) is 7.97. The molecule has 2 aliphatic heterocycles. The SMILES string of the molecule is CCc1ccc(-c2ccc(Cl)cc2F)cc1C1C(=O)[C@@H]2[C@H](C1=O)[C@H]1CC[C@@H]2O1. The van der Waals surface area contributed by atoms with Crippen LogP contribution >= 0.6 is 11.6 Å². The molecule has 1 aliphatic carbocycles. The zero-order valence-corrected chi connectivity index (χ0v) is 16.2. The molecule has 0 radical (unpaired) electrons. The van der Waals surface area contributed by atoms with Crippen molar-refractivity contribution < 1.29 is 18.7 Å². The van der Waals surface area contributed by atoms with Crippen LogP contribution in [0.2, 0.25) is 5.02 Å². The molecule has 3 nitrogen and oxygen atoms in total.